The Morgan fingerprint density at radius 2 is 1.54 bits per heavy atom. The highest BCUT2D eigenvalue weighted by molar-refractivity contribution is 5.88. The van der Waals surface area contributed by atoms with Crippen LogP contribution in [-0.4, -0.2) is 9.55 Å². The lowest BCUT2D eigenvalue weighted by atomic mass is 9.94. The van der Waals surface area contributed by atoms with Crippen LogP contribution in [0.3, 0.4) is 0 Å². The summed E-state index contributed by atoms with van der Waals surface area (Å²) in [5.74, 6) is 1.01. The maximum Gasteiger partial charge on any atom is 0.145 e. The second kappa shape index (κ2) is 5.46. The Labute approximate surface area is 163 Å². The summed E-state index contributed by atoms with van der Waals surface area (Å²) in [6.45, 7) is 2.24. The molecule has 1 unspecified atom stereocenters. The minimum atomic E-state index is -0.441. The third-order valence-electron chi connectivity index (χ3n) is 5.87. The van der Waals surface area contributed by atoms with Crippen molar-refractivity contribution in [2.45, 2.75) is 12.6 Å². The summed E-state index contributed by atoms with van der Waals surface area (Å²) < 4.78 is 2.34. The van der Waals surface area contributed by atoms with Crippen LogP contribution in [0.5, 0.6) is 0 Å². The zero-order valence-corrected chi connectivity index (χ0v) is 15.6. The lowest BCUT2D eigenvalue weighted by Crippen LogP contribution is -2.42. The first kappa shape index (κ1) is 15.5. The molecule has 3 nitrogen and oxygen atoms in total. The molecule has 1 atom stereocenters. The van der Waals surface area contributed by atoms with Gasteiger partial charge in [0.15, 0.2) is 0 Å². The average Bonchev–Trinajstić information content (AvgIpc) is 3.14. The van der Waals surface area contributed by atoms with Crippen molar-refractivity contribution in [1.29, 1.82) is 0 Å². The van der Waals surface area contributed by atoms with Gasteiger partial charge in [0.2, 0.25) is 0 Å². The van der Waals surface area contributed by atoms with Crippen LogP contribution in [0.15, 0.2) is 91.0 Å². The van der Waals surface area contributed by atoms with E-state index < -0.39 is 5.66 Å². The van der Waals surface area contributed by atoms with Gasteiger partial charge in [0.1, 0.15) is 11.5 Å². The molecule has 0 fully saturated rings. The van der Waals surface area contributed by atoms with Crippen LogP contribution in [0.25, 0.3) is 33.2 Å². The molecule has 0 bridgehead atoms. The molecule has 0 spiro atoms. The fourth-order valence-corrected chi connectivity index (χ4v) is 4.46. The summed E-state index contributed by atoms with van der Waals surface area (Å²) >= 11 is 0. The van der Waals surface area contributed by atoms with Gasteiger partial charge in [-0.1, -0.05) is 60.7 Å². The number of hydrogen-bond donors (Lipinski definition) is 1. The molecule has 0 aliphatic carbocycles. The van der Waals surface area contributed by atoms with E-state index in [1.807, 2.05) is 6.07 Å². The van der Waals surface area contributed by atoms with Crippen LogP contribution in [0, 0.1) is 0 Å². The fourth-order valence-electron chi connectivity index (χ4n) is 4.46. The average molecular weight is 361 g/mol. The summed E-state index contributed by atoms with van der Waals surface area (Å²) in [5, 5.41) is 6.31. The van der Waals surface area contributed by atoms with Gasteiger partial charge in [0.25, 0.3) is 0 Å². The van der Waals surface area contributed by atoms with Crippen molar-refractivity contribution < 1.29 is 0 Å². The number of nitrogens with one attached hydrogen (secondary N) is 1. The molecule has 2 heterocycles. The molecular formula is C25H19N3. The first-order valence-corrected chi connectivity index (χ1v) is 9.59. The molecule has 0 saturated heterocycles. The van der Waals surface area contributed by atoms with Crippen LogP contribution in [-0.2, 0) is 5.66 Å². The maximum atomic E-state index is 5.00. The number of hydrogen-bond acceptors (Lipinski definition) is 2. The minimum absolute atomic E-state index is 0.441. The Morgan fingerprint density at radius 1 is 0.786 bits per heavy atom. The van der Waals surface area contributed by atoms with E-state index in [2.05, 4.69) is 102 Å². The fraction of sp³-hybridized carbons (Fsp3) is 0.0800. The van der Waals surface area contributed by atoms with Crippen molar-refractivity contribution in [3.63, 3.8) is 0 Å². The topological polar surface area (TPSA) is 29.9 Å². The third kappa shape index (κ3) is 2.01. The molecule has 3 heteroatoms. The number of rotatable bonds is 1. The number of nitrogens with zero attached hydrogens (tertiary/aromatic N) is 2. The molecule has 6 rings (SSSR count). The molecule has 4 aromatic carbocycles. The smallest absolute Gasteiger partial charge is 0.145 e. The highest BCUT2D eigenvalue weighted by Gasteiger charge is 2.37. The van der Waals surface area contributed by atoms with E-state index in [0.717, 1.165) is 28.1 Å². The second-order valence-electron chi connectivity index (χ2n) is 7.56. The van der Waals surface area contributed by atoms with E-state index in [1.54, 1.807) is 0 Å². The summed E-state index contributed by atoms with van der Waals surface area (Å²) in [4.78, 5) is 5.00. The second-order valence-corrected chi connectivity index (χ2v) is 7.56. The van der Waals surface area contributed by atoms with Crippen LogP contribution < -0.4 is 5.32 Å². The summed E-state index contributed by atoms with van der Waals surface area (Å²) in [7, 11) is 0. The number of benzene rings is 4. The van der Waals surface area contributed by atoms with Crippen LogP contribution in [0.2, 0.25) is 0 Å². The molecule has 1 aromatic heterocycles. The zero-order valence-electron chi connectivity index (χ0n) is 15.6. The van der Waals surface area contributed by atoms with Crippen molar-refractivity contribution >= 4 is 27.5 Å². The lowest BCUT2D eigenvalue weighted by molar-refractivity contribution is 0.463. The highest BCUT2D eigenvalue weighted by atomic mass is 15.3. The Morgan fingerprint density at radius 3 is 2.46 bits per heavy atom. The molecular weight excluding hydrogens is 342 g/mol. The normalized spacial score (nSPS) is 17.9. The van der Waals surface area contributed by atoms with Gasteiger partial charge in [-0.2, -0.15) is 0 Å². The Bertz CT molecular complexity index is 1360. The van der Waals surface area contributed by atoms with Gasteiger partial charge in [-0.15, -0.1) is 0 Å². The third-order valence-corrected chi connectivity index (χ3v) is 5.87. The molecule has 0 amide bonds. The molecule has 0 radical (unpaired) electrons. The molecule has 134 valence electrons. The molecule has 1 aliphatic heterocycles. The van der Waals surface area contributed by atoms with Gasteiger partial charge in [0.05, 0.1) is 11.0 Å². The first-order valence-electron chi connectivity index (χ1n) is 9.59. The van der Waals surface area contributed by atoms with Gasteiger partial charge in [-0.25, -0.2) is 4.98 Å². The predicted molar refractivity (Wildman–Crippen MR) is 115 cm³/mol. The van der Waals surface area contributed by atoms with E-state index >= 15 is 0 Å². The number of para-hydroxylation sites is 3. The summed E-state index contributed by atoms with van der Waals surface area (Å²) in [6.07, 6.45) is 0. The molecule has 1 aliphatic rings. The minimum Gasteiger partial charge on any atom is -0.358 e. The van der Waals surface area contributed by atoms with Crippen molar-refractivity contribution in [3.8, 4) is 11.4 Å². The Kier molecular flexibility index (Phi) is 3.01. The van der Waals surface area contributed by atoms with Crippen molar-refractivity contribution in [2.75, 3.05) is 5.32 Å². The zero-order chi connectivity index (χ0) is 18.7. The molecule has 5 aromatic rings. The van der Waals surface area contributed by atoms with Crippen molar-refractivity contribution in [3.05, 3.63) is 96.6 Å². The predicted octanol–water partition coefficient (Wildman–Crippen LogP) is 6.00. The molecule has 0 saturated carbocycles. The van der Waals surface area contributed by atoms with Gasteiger partial charge in [-0.05, 0) is 53.6 Å². The standard InChI is InChI=1S/C25H19N3/c1-25(19-15-14-17-8-2-3-9-18(17)16-19)27-21-11-5-4-10-20(21)24-26-22-12-6-7-13-23(22)28(24)25/h2-16,27H,1H3. The molecule has 1 N–H and O–H groups in total. The largest absolute Gasteiger partial charge is 0.358 e. The summed E-state index contributed by atoms with van der Waals surface area (Å²) in [6, 6.07) is 32.0. The van der Waals surface area contributed by atoms with Crippen molar-refractivity contribution in [2.24, 2.45) is 0 Å². The maximum absolute atomic E-state index is 5.00. The van der Waals surface area contributed by atoms with E-state index in [9.17, 15) is 0 Å². The van der Waals surface area contributed by atoms with E-state index in [0.29, 0.717) is 0 Å². The quantitative estimate of drug-likeness (QED) is 0.397. The monoisotopic (exact) mass is 361 g/mol. The number of anilines is 1. The number of fused-ring (bicyclic) bond motifs is 6. The number of imidazole rings is 1. The SMILES string of the molecule is CC1(c2ccc3ccccc3c2)Nc2ccccc2-c2nc3ccccc3n21. The Hall–Kier alpha value is -3.59. The van der Waals surface area contributed by atoms with E-state index in [1.165, 1.54) is 16.3 Å². The molecule has 28 heavy (non-hydrogen) atoms. The Balaban J connectivity index is 1.70. The number of aromatic nitrogens is 2. The van der Waals surface area contributed by atoms with Gasteiger partial charge >= 0.3 is 0 Å². The summed E-state index contributed by atoms with van der Waals surface area (Å²) in [5.41, 5.74) is 5.17. The van der Waals surface area contributed by atoms with Gasteiger partial charge in [-0.3, -0.25) is 4.57 Å². The lowest BCUT2D eigenvalue weighted by Gasteiger charge is -2.40. The van der Waals surface area contributed by atoms with Gasteiger partial charge < -0.3 is 5.32 Å². The van der Waals surface area contributed by atoms with E-state index in [-0.39, 0.29) is 0 Å². The van der Waals surface area contributed by atoms with Crippen molar-refractivity contribution in [1.82, 2.24) is 9.55 Å². The van der Waals surface area contributed by atoms with Crippen LogP contribution in [0.4, 0.5) is 5.69 Å². The van der Waals surface area contributed by atoms with Gasteiger partial charge in [0, 0.05) is 11.3 Å². The van der Waals surface area contributed by atoms with Crippen LogP contribution in [0.1, 0.15) is 12.5 Å². The van der Waals surface area contributed by atoms with E-state index in [4.69, 9.17) is 4.98 Å². The highest BCUT2D eigenvalue weighted by Crippen LogP contribution is 2.44. The first-order chi connectivity index (χ1) is 13.7. The van der Waals surface area contributed by atoms with Crippen LogP contribution >= 0.6 is 0 Å².